The number of rotatable bonds is 7. The minimum absolute atomic E-state index is 0.0931. The van der Waals surface area contributed by atoms with Gasteiger partial charge in [-0.3, -0.25) is 4.79 Å². The van der Waals surface area contributed by atoms with Gasteiger partial charge in [0.05, 0.1) is 16.4 Å². The summed E-state index contributed by atoms with van der Waals surface area (Å²) in [6.45, 7) is 6.08. The molecule has 0 radical (unpaired) electrons. The van der Waals surface area contributed by atoms with Crippen molar-refractivity contribution in [2.45, 2.75) is 20.8 Å². The van der Waals surface area contributed by atoms with Gasteiger partial charge < -0.3 is 14.6 Å². The highest BCUT2D eigenvalue weighted by Gasteiger charge is 2.08. The standard InChI is InChI=1S/C19H21IN2O4/c1-4-25-17-9-14(8-15(20)19(17)24)10-21-22-18(23)11-26-16-6-5-12(2)7-13(16)3/h5-10,24H,4,11H2,1-3H3,(H,22,23)/b21-10+. The molecular formula is C19H21IN2O4. The molecule has 0 aromatic heterocycles. The first-order valence-electron chi connectivity index (χ1n) is 8.08. The zero-order chi connectivity index (χ0) is 19.1. The second-order valence-electron chi connectivity index (χ2n) is 5.63. The van der Waals surface area contributed by atoms with E-state index in [0.717, 1.165) is 11.1 Å². The molecular weight excluding hydrogens is 447 g/mol. The third kappa shape index (κ3) is 5.62. The molecule has 26 heavy (non-hydrogen) atoms. The van der Waals surface area contributed by atoms with Crippen molar-refractivity contribution in [1.29, 1.82) is 0 Å². The summed E-state index contributed by atoms with van der Waals surface area (Å²) in [6.07, 6.45) is 1.49. The van der Waals surface area contributed by atoms with E-state index in [4.69, 9.17) is 9.47 Å². The number of carbonyl (C=O) groups excluding carboxylic acids is 1. The number of halogens is 1. The highest BCUT2D eigenvalue weighted by Crippen LogP contribution is 2.32. The first kappa shape index (κ1) is 20.0. The molecule has 1 amide bonds. The lowest BCUT2D eigenvalue weighted by Gasteiger charge is -2.09. The molecule has 0 spiro atoms. The Hall–Kier alpha value is -2.29. The van der Waals surface area contributed by atoms with Gasteiger partial charge in [-0.15, -0.1) is 0 Å². The summed E-state index contributed by atoms with van der Waals surface area (Å²) < 4.78 is 11.5. The number of amides is 1. The van der Waals surface area contributed by atoms with Crippen molar-refractivity contribution in [1.82, 2.24) is 5.43 Å². The predicted molar refractivity (Wildman–Crippen MR) is 109 cm³/mol. The van der Waals surface area contributed by atoms with E-state index in [2.05, 4.69) is 10.5 Å². The van der Waals surface area contributed by atoms with Crippen molar-refractivity contribution in [2.75, 3.05) is 13.2 Å². The van der Waals surface area contributed by atoms with Gasteiger partial charge in [-0.25, -0.2) is 5.43 Å². The summed E-state index contributed by atoms with van der Waals surface area (Å²) >= 11 is 2.01. The molecule has 0 bridgehead atoms. The minimum Gasteiger partial charge on any atom is -0.504 e. The molecule has 2 aromatic rings. The Labute approximate surface area is 166 Å². The SMILES string of the molecule is CCOc1cc(/C=N/NC(=O)COc2ccc(C)cc2C)cc(I)c1O. The van der Waals surface area contributed by atoms with Crippen molar-refractivity contribution < 1.29 is 19.4 Å². The molecule has 7 heteroatoms. The minimum atomic E-state index is -0.361. The number of hydrazone groups is 1. The van der Waals surface area contributed by atoms with Gasteiger partial charge in [0.25, 0.3) is 5.91 Å². The molecule has 0 atom stereocenters. The van der Waals surface area contributed by atoms with Crippen LogP contribution < -0.4 is 14.9 Å². The van der Waals surface area contributed by atoms with Gasteiger partial charge in [0, 0.05) is 0 Å². The maximum Gasteiger partial charge on any atom is 0.277 e. The van der Waals surface area contributed by atoms with E-state index in [0.29, 0.717) is 27.2 Å². The molecule has 138 valence electrons. The van der Waals surface area contributed by atoms with Crippen molar-refractivity contribution >= 4 is 34.7 Å². The van der Waals surface area contributed by atoms with Crippen LogP contribution in [0.3, 0.4) is 0 Å². The van der Waals surface area contributed by atoms with Crippen LogP contribution in [0.2, 0.25) is 0 Å². The molecule has 2 N–H and O–H groups in total. The van der Waals surface area contributed by atoms with Gasteiger partial charge in [0.15, 0.2) is 18.1 Å². The second kappa shape index (κ2) is 9.42. The zero-order valence-corrected chi connectivity index (χ0v) is 17.0. The lowest BCUT2D eigenvalue weighted by atomic mass is 10.1. The van der Waals surface area contributed by atoms with Gasteiger partial charge in [-0.2, -0.15) is 5.10 Å². The van der Waals surface area contributed by atoms with Crippen molar-refractivity contribution in [3.63, 3.8) is 0 Å². The number of carbonyl (C=O) groups is 1. The summed E-state index contributed by atoms with van der Waals surface area (Å²) in [7, 11) is 0. The summed E-state index contributed by atoms with van der Waals surface area (Å²) in [5.74, 6) is 0.782. The maximum absolute atomic E-state index is 11.9. The number of nitrogens with zero attached hydrogens (tertiary/aromatic N) is 1. The number of phenols is 1. The average Bonchev–Trinajstić information content (AvgIpc) is 2.58. The summed E-state index contributed by atoms with van der Waals surface area (Å²) in [4.78, 5) is 11.9. The summed E-state index contributed by atoms with van der Waals surface area (Å²) in [5, 5.41) is 13.8. The number of nitrogens with one attached hydrogen (secondary N) is 1. The fourth-order valence-electron chi connectivity index (χ4n) is 2.25. The molecule has 0 heterocycles. The number of aryl methyl sites for hydroxylation is 2. The normalized spacial score (nSPS) is 10.8. The fraction of sp³-hybridized carbons (Fsp3) is 0.263. The molecule has 0 aliphatic rings. The highest BCUT2D eigenvalue weighted by molar-refractivity contribution is 14.1. The van der Waals surface area contributed by atoms with Crippen LogP contribution in [0.4, 0.5) is 0 Å². The Kier molecular flexibility index (Phi) is 7.26. The Morgan fingerprint density at radius 2 is 2.00 bits per heavy atom. The number of hydrogen-bond donors (Lipinski definition) is 2. The summed E-state index contributed by atoms with van der Waals surface area (Å²) in [5.41, 5.74) is 5.23. The molecule has 0 fully saturated rings. The number of ether oxygens (including phenoxy) is 2. The van der Waals surface area contributed by atoms with E-state index >= 15 is 0 Å². The van der Waals surface area contributed by atoms with E-state index in [1.807, 2.05) is 61.6 Å². The monoisotopic (exact) mass is 468 g/mol. The van der Waals surface area contributed by atoms with Gasteiger partial charge in [-0.1, -0.05) is 17.7 Å². The molecule has 0 saturated carbocycles. The highest BCUT2D eigenvalue weighted by atomic mass is 127. The van der Waals surface area contributed by atoms with Crippen LogP contribution >= 0.6 is 22.6 Å². The molecule has 0 saturated heterocycles. The number of aromatic hydroxyl groups is 1. The maximum atomic E-state index is 11.9. The first-order chi connectivity index (χ1) is 12.4. The number of phenolic OH excluding ortho intramolecular Hbond substituents is 1. The van der Waals surface area contributed by atoms with E-state index in [1.54, 1.807) is 12.1 Å². The Morgan fingerprint density at radius 1 is 1.23 bits per heavy atom. The topological polar surface area (TPSA) is 80.2 Å². The van der Waals surface area contributed by atoms with Gasteiger partial charge in [0.1, 0.15) is 5.75 Å². The molecule has 6 nitrogen and oxygen atoms in total. The van der Waals surface area contributed by atoms with Crippen LogP contribution in [0.25, 0.3) is 0 Å². The number of hydrogen-bond acceptors (Lipinski definition) is 5. The lowest BCUT2D eigenvalue weighted by Crippen LogP contribution is -2.24. The zero-order valence-electron chi connectivity index (χ0n) is 14.9. The first-order valence-corrected chi connectivity index (χ1v) is 9.15. The van der Waals surface area contributed by atoms with Gasteiger partial charge >= 0.3 is 0 Å². The molecule has 0 aliphatic carbocycles. The van der Waals surface area contributed by atoms with Gasteiger partial charge in [0.2, 0.25) is 0 Å². The molecule has 2 rings (SSSR count). The van der Waals surface area contributed by atoms with E-state index in [-0.39, 0.29) is 18.3 Å². The van der Waals surface area contributed by atoms with Gasteiger partial charge in [-0.05, 0) is 72.7 Å². The van der Waals surface area contributed by atoms with E-state index < -0.39 is 0 Å². The predicted octanol–water partition coefficient (Wildman–Crippen LogP) is 3.54. The van der Waals surface area contributed by atoms with Crippen LogP contribution in [0.15, 0.2) is 35.4 Å². The molecule has 2 aromatic carbocycles. The summed E-state index contributed by atoms with van der Waals surface area (Å²) in [6, 6.07) is 9.16. The fourth-order valence-corrected chi connectivity index (χ4v) is 2.87. The van der Waals surface area contributed by atoms with Crippen LogP contribution in [0.5, 0.6) is 17.2 Å². The Morgan fingerprint density at radius 3 is 2.69 bits per heavy atom. The van der Waals surface area contributed by atoms with Crippen molar-refractivity contribution in [3.8, 4) is 17.2 Å². The van der Waals surface area contributed by atoms with Crippen LogP contribution in [0, 0.1) is 17.4 Å². The Bertz CT molecular complexity index is 821. The average molecular weight is 468 g/mol. The second-order valence-corrected chi connectivity index (χ2v) is 6.80. The van der Waals surface area contributed by atoms with E-state index in [1.165, 1.54) is 6.21 Å². The lowest BCUT2D eigenvalue weighted by molar-refractivity contribution is -0.123. The Balaban J connectivity index is 1.92. The number of benzene rings is 2. The quantitative estimate of drug-likeness (QED) is 0.370. The van der Waals surface area contributed by atoms with Crippen LogP contribution in [-0.2, 0) is 4.79 Å². The largest absolute Gasteiger partial charge is 0.504 e. The van der Waals surface area contributed by atoms with Crippen molar-refractivity contribution in [2.24, 2.45) is 5.10 Å². The van der Waals surface area contributed by atoms with Crippen LogP contribution in [-0.4, -0.2) is 30.4 Å². The van der Waals surface area contributed by atoms with Crippen molar-refractivity contribution in [3.05, 3.63) is 50.6 Å². The van der Waals surface area contributed by atoms with E-state index in [9.17, 15) is 9.90 Å². The third-order valence-corrected chi connectivity index (χ3v) is 4.26. The molecule has 0 aliphatic heterocycles. The smallest absolute Gasteiger partial charge is 0.277 e. The van der Waals surface area contributed by atoms with Crippen LogP contribution in [0.1, 0.15) is 23.6 Å². The third-order valence-electron chi connectivity index (χ3n) is 3.44. The molecule has 0 unspecified atom stereocenters.